The minimum atomic E-state index is -1.78. The highest BCUT2D eigenvalue weighted by Gasteiger charge is 2.35. The van der Waals surface area contributed by atoms with Crippen LogP contribution in [0.25, 0.3) is 0 Å². The van der Waals surface area contributed by atoms with Crippen LogP contribution in [0.4, 0.5) is 32.6 Å². The van der Waals surface area contributed by atoms with Crippen LogP contribution in [-0.4, -0.2) is 64.4 Å². The second kappa shape index (κ2) is 14.1. The largest absolute Gasteiger partial charge is 0.478 e. The van der Waals surface area contributed by atoms with Gasteiger partial charge in [-0.3, -0.25) is 4.99 Å². The summed E-state index contributed by atoms with van der Waals surface area (Å²) in [4.78, 5) is 37.7. The third kappa shape index (κ3) is 7.19. The summed E-state index contributed by atoms with van der Waals surface area (Å²) in [6, 6.07) is 2.79. The highest BCUT2D eigenvalue weighted by atomic mass is 19.2. The average Bonchev–Trinajstić information content (AvgIpc) is 3.49. The SMILES string of the molecule is CCC(c1ncnc(N)c1C(=NC)c1ccc(Oc2c(F)c(F)cc(F)c2F)cc1F)C1CCN(C(=O)NC/C=C/C(=O)O)C1. The number of carboxylic acids is 1. The summed E-state index contributed by atoms with van der Waals surface area (Å²) in [5, 5.41) is 11.3. The second-order valence-electron chi connectivity index (χ2n) is 10.1. The smallest absolute Gasteiger partial charge is 0.328 e. The van der Waals surface area contributed by atoms with Crippen molar-refractivity contribution >= 4 is 23.5 Å². The molecule has 2 unspecified atom stereocenters. The first-order chi connectivity index (χ1) is 21.5. The third-order valence-corrected chi connectivity index (χ3v) is 7.36. The summed E-state index contributed by atoms with van der Waals surface area (Å²) in [5.41, 5.74) is 6.99. The fraction of sp³-hybridized carbons (Fsp3) is 0.300. The zero-order valence-corrected chi connectivity index (χ0v) is 24.2. The number of hydrogen-bond acceptors (Lipinski definition) is 7. The molecule has 1 aromatic heterocycles. The van der Waals surface area contributed by atoms with E-state index < -0.39 is 46.6 Å². The van der Waals surface area contributed by atoms with Gasteiger partial charge in [-0.15, -0.1) is 0 Å². The van der Waals surface area contributed by atoms with E-state index in [1.165, 1.54) is 25.5 Å². The summed E-state index contributed by atoms with van der Waals surface area (Å²) < 4.78 is 76.0. The van der Waals surface area contributed by atoms with Gasteiger partial charge in [0.15, 0.2) is 11.6 Å². The molecule has 0 saturated carbocycles. The zero-order chi connectivity index (χ0) is 32.8. The van der Waals surface area contributed by atoms with E-state index in [9.17, 15) is 27.2 Å². The average molecular weight is 633 g/mol. The van der Waals surface area contributed by atoms with Crippen LogP contribution in [0.1, 0.15) is 42.5 Å². The Kier molecular flexibility index (Phi) is 10.3. The van der Waals surface area contributed by atoms with E-state index in [1.807, 2.05) is 6.92 Å². The van der Waals surface area contributed by atoms with Gasteiger partial charge in [0.25, 0.3) is 0 Å². The number of likely N-dealkylation sites (tertiary alicyclic amines) is 1. The molecule has 3 aromatic rings. The molecular formula is C30H29F5N6O4. The van der Waals surface area contributed by atoms with Crippen LogP contribution >= 0.6 is 0 Å². The van der Waals surface area contributed by atoms with Crippen molar-refractivity contribution in [2.75, 3.05) is 32.4 Å². The Balaban J connectivity index is 1.60. The van der Waals surface area contributed by atoms with Gasteiger partial charge in [-0.1, -0.05) is 13.0 Å². The highest BCUT2D eigenvalue weighted by molar-refractivity contribution is 6.16. The summed E-state index contributed by atoms with van der Waals surface area (Å²) in [6.07, 6.45) is 4.71. The van der Waals surface area contributed by atoms with Crippen LogP contribution in [0.2, 0.25) is 0 Å². The van der Waals surface area contributed by atoms with Crippen molar-refractivity contribution in [2.45, 2.75) is 25.7 Å². The Hall–Kier alpha value is -5.08. The molecule has 1 saturated heterocycles. The first kappa shape index (κ1) is 32.8. The molecule has 45 heavy (non-hydrogen) atoms. The predicted molar refractivity (Wildman–Crippen MR) is 154 cm³/mol. The Morgan fingerprint density at radius 1 is 1.16 bits per heavy atom. The number of aliphatic carboxylic acids is 1. The molecule has 2 aromatic carbocycles. The lowest BCUT2D eigenvalue weighted by molar-refractivity contribution is -0.131. The highest BCUT2D eigenvalue weighted by Crippen LogP contribution is 2.38. The van der Waals surface area contributed by atoms with Gasteiger partial charge in [0.1, 0.15) is 23.7 Å². The maximum atomic E-state index is 15.5. The minimum absolute atomic E-state index is 0.0102. The monoisotopic (exact) mass is 632 g/mol. The summed E-state index contributed by atoms with van der Waals surface area (Å²) in [5.74, 6) is -11.1. The standard InChI is InChI=1S/C30H29F5N6O4/c1-3-17(15-8-10-41(13-15)30(44)38-9-4-5-22(42)43)27-23(29(36)40-14-39-27)26(37-2)18-7-6-16(11-19(18)31)45-28-24(34)20(32)12-21(33)25(28)35/h4-7,11-12,14-15,17H,3,8-10,13H2,1-2H3,(H,38,44)(H,42,43)(H2,36,39,40)/b5-4+,37-26?. The topological polar surface area (TPSA) is 143 Å². The number of carboxylic acid groups (broad SMARTS) is 1. The molecule has 0 aliphatic carbocycles. The number of halogens is 5. The second-order valence-corrected chi connectivity index (χ2v) is 10.1. The molecule has 10 nitrogen and oxygen atoms in total. The Morgan fingerprint density at radius 3 is 2.49 bits per heavy atom. The molecule has 2 amide bonds. The fourth-order valence-electron chi connectivity index (χ4n) is 5.28. The summed E-state index contributed by atoms with van der Waals surface area (Å²) in [6.45, 7) is 2.77. The number of nitrogens with two attached hydrogens (primary N) is 1. The molecule has 1 aliphatic heterocycles. The number of anilines is 1. The number of nitrogens with one attached hydrogen (secondary N) is 1. The molecule has 4 N–H and O–H groups in total. The molecule has 0 bridgehead atoms. The maximum Gasteiger partial charge on any atom is 0.328 e. The molecule has 0 spiro atoms. The molecule has 238 valence electrons. The number of aromatic nitrogens is 2. The molecular weight excluding hydrogens is 603 g/mol. The number of hydrogen-bond donors (Lipinski definition) is 3. The number of rotatable bonds is 10. The number of nitrogens with zero attached hydrogens (tertiary/aromatic N) is 4. The fourth-order valence-corrected chi connectivity index (χ4v) is 5.28. The van der Waals surface area contributed by atoms with Crippen molar-refractivity contribution < 1.29 is 41.4 Å². The van der Waals surface area contributed by atoms with Gasteiger partial charge in [-0.25, -0.2) is 32.7 Å². The quantitative estimate of drug-likeness (QED) is 0.121. The van der Waals surface area contributed by atoms with E-state index in [0.29, 0.717) is 31.6 Å². The number of ether oxygens (including phenoxy) is 1. The van der Waals surface area contributed by atoms with Crippen molar-refractivity contribution in [1.29, 1.82) is 0 Å². The van der Waals surface area contributed by atoms with Gasteiger partial charge in [0.2, 0.25) is 17.4 Å². The van der Waals surface area contributed by atoms with Crippen LogP contribution in [0, 0.1) is 35.0 Å². The third-order valence-electron chi connectivity index (χ3n) is 7.36. The van der Waals surface area contributed by atoms with E-state index in [-0.39, 0.29) is 53.1 Å². The normalized spacial score (nSPS) is 15.8. The predicted octanol–water partition coefficient (Wildman–Crippen LogP) is 5.18. The van der Waals surface area contributed by atoms with Crippen molar-refractivity contribution in [3.63, 3.8) is 0 Å². The van der Waals surface area contributed by atoms with Crippen LogP contribution in [0.5, 0.6) is 11.5 Å². The minimum Gasteiger partial charge on any atom is -0.478 e. The Bertz CT molecular complexity index is 1640. The number of amides is 2. The van der Waals surface area contributed by atoms with Crippen LogP contribution in [-0.2, 0) is 4.79 Å². The van der Waals surface area contributed by atoms with Gasteiger partial charge >= 0.3 is 12.0 Å². The van der Waals surface area contributed by atoms with Crippen molar-refractivity contribution in [3.8, 4) is 11.5 Å². The van der Waals surface area contributed by atoms with E-state index in [1.54, 1.807) is 4.90 Å². The number of nitrogen functional groups attached to an aromatic ring is 1. The first-order valence-corrected chi connectivity index (χ1v) is 13.8. The van der Waals surface area contributed by atoms with E-state index in [2.05, 4.69) is 20.3 Å². The van der Waals surface area contributed by atoms with E-state index >= 15 is 4.39 Å². The lowest BCUT2D eigenvalue weighted by Gasteiger charge is -2.25. The molecule has 2 atom stereocenters. The van der Waals surface area contributed by atoms with Crippen molar-refractivity contribution in [2.24, 2.45) is 10.9 Å². The zero-order valence-electron chi connectivity index (χ0n) is 24.2. The number of carbonyl (C=O) groups excluding carboxylic acids is 1. The molecule has 15 heteroatoms. The van der Waals surface area contributed by atoms with Crippen molar-refractivity contribution in [1.82, 2.24) is 20.2 Å². The van der Waals surface area contributed by atoms with Gasteiger partial charge in [-0.2, -0.15) is 8.78 Å². The molecule has 1 fully saturated rings. The lowest BCUT2D eigenvalue weighted by Crippen LogP contribution is -2.39. The number of urea groups is 1. The van der Waals surface area contributed by atoms with Gasteiger partial charge in [0, 0.05) is 56.4 Å². The Labute approximate surface area is 254 Å². The lowest BCUT2D eigenvalue weighted by atomic mass is 9.83. The first-order valence-electron chi connectivity index (χ1n) is 13.8. The molecule has 0 radical (unpaired) electrons. The van der Waals surface area contributed by atoms with Gasteiger partial charge in [-0.05, 0) is 30.9 Å². The molecule has 2 heterocycles. The number of aliphatic imine (C=N–C) groups is 1. The van der Waals surface area contributed by atoms with Gasteiger partial charge < -0.3 is 25.8 Å². The van der Waals surface area contributed by atoms with Crippen molar-refractivity contribution in [3.05, 3.63) is 88.7 Å². The van der Waals surface area contributed by atoms with Gasteiger partial charge in [0.05, 0.1) is 17.0 Å². The number of benzene rings is 2. The summed E-state index contributed by atoms with van der Waals surface area (Å²) >= 11 is 0. The number of carbonyl (C=O) groups is 2. The Morgan fingerprint density at radius 2 is 1.87 bits per heavy atom. The molecule has 4 rings (SSSR count). The van der Waals surface area contributed by atoms with E-state index in [4.69, 9.17) is 15.6 Å². The maximum absolute atomic E-state index is 15.5. The van der Waals surface area contributed by atoms with Crippen LogP contribution in [0.3, 0.4) is 0 Å². The summed E-state index contributed by atoms with van der Waals surface area (Å²) in [7, 11) is 1.40. The molecule has 1 aliphatic rings. The van der Waals surface area contributed by atoms with Crippen LogP contribution in [0.15, 0.2) is 47.7 Å². The van der Waals surface area contributed by atoms with Crippen LogP contribution < -0.4 is 15.8 Å². The van der Waals surface area contributed by atoms with E-state index in [0.717, 1.165) is 18.2 Å².